The highest BCUT2D eigenvalue weighted by Crippen LogP contribution is 2.30. The van der Waals surface area contributed by atoms with Crippen LogP contribution in [0.25, 0.3) is 0 Å². The lowest BCUT2D eigenvalue weighted by molar-refractivity contribution is -1.03. The topological polar surface area (TPSA) is 52.5 Å². The second kappa shape index (κ2) is 8.21. The predicted molar refractivity (Wildman–Crippen MR) is 94.0 cm³/mol. The van der Waals surface area contributed by atoms with Gasteiger partial charge in [0.25, 0.3) is 0 Å². The van der Waals surface area contributed by atoms with E-state index in [1.807, 2.05) is 6.08 Å². The summed E-state index contributed by atoms with van der Waals surface area (Å²) in [5.41, 5.74) is 0. The van der Waals surface area contributed by atoms with E-state index >= 15 is 0 Å². The zero-order valence-electron chi connectivity index (χ0n) is 15.4. The summed E-state index contributed by atoms with van der Waals surface area (Å²) in [4.78, 5) is 3.33. The summed E-state index contributed by atoms with van der Waals surface area (Å²) < 4.78 is 2.18. The lowest BCUT2D eigenvalue weighted by Crippen LogP contribution is -3.28. The molecule has 1 aromatic heterocycles. The Morgan fingerprint density at radius 2 is 1.92 bits per heavy atom. The average molecular weight is 335 g/mol. The molecule has 1 aliphatic heterocycles. The summed E-state index contributed by atoms with van der Waals surface area (Å²) >= 11 is 0. The minimum atomic E-state index is 0.436. The second-order valence-corrected chi connectivity index (χ2v) is 8.00. The van der Waals surface area contributed by atoms with Crippen LogP contribution in [0, 0.1) is 5.92 Å². The van der Waals surface area contributed by atoms with E-state index in [1.54, 1.807) is 9.80 Å². The Morgan fingerprint density at radius 3 is 2.54 bits per heavy atom. The highest BCUT2D eigenvalue weighted by atomic mass is 15.6. The summed E-state index contributed by atoms with van der Waals surface area (Å²) in [5.74, 6) is 1.80. The number of hydrogen-bond acceptors (Lipinski definition) is 3. The maximum absolute atomic E-state index is 4.50. The Bertz CT molecular complexity index is 511. The van der Waals surface area contributed by atoms with Crippen molar-refractivity contribution in [2.45, 2.75) is 58.0 Å². The minimum Gasteiger partial charge on any atom is -0.322 e. The summed E-state index contributed by atoms with van der Waals surface area (Å²) in [6, 6.07) is 0.961. The van der Waals surface area contributed by atoms with Crippen molar-refractivity contribution in [2.75, 3.05) is 32.7 Å². The SMILES string of the molecule is C=CC[NH+]1CC[NH+]([C@H](CC(C)C)c2nnnn2C2CCCC2)CC1. The van der Waals surface area contributed by atoms with Crippen molar-refractivity contribution in [1.82, 2.24) is 20.2 Å². The Hall–Kier alpha value is -1.27. The van der Waals surface area contributed by atoms with Gasteiger partial charge < -0.3 is 9.80 Å². The molecule has 1 saturated carbocycles. The first-order chi connectivity index (χ1) is 11.7. The first kappa shape index (κ1) is 17.5. The highest BCUT2D eigenvalue weighted by Gasteiger charge is 2.36. The molecule has 0 spiro atoms. The zero-order valence-corrected chi connectivity index (χ0v) is 15.4. The number of aromatic nitrogens is 4. The maximum Gasteiger partial charge on any atom is 0.209 e. The normalized spacial score (nSPS) is 26.8. The third-order valence-electron chi connectivity index (χ3n) is 5.73. The fourth-order valence-electron chi connectivity index (χ4n) is 4.45. The summed E-state index contributed by atoms with van der Waals surface area (Å²) in [5, 5.41) is 13.0. The third kappa shape index (κ3) is 4.03. The number of nitrogens with one attached hydrogen (secondary N) is 2. The van der Waals surface area contributed by atoms with Crippen LogP contribution in [0.2, 0.25) is 0 Å². The van der Waals surface area contributed by atoms with E-state index in [1.165, 1.54) is 58.3 Å². The van der Waals surface area contributed by atoms with Gasteiger partial charge in [-0.25, -0.2) is 4.68 Å². The monoisotopic (exact) mass is 334 g/mol. The van der Waals surface area contributed by atoms with Crippen LogP contribution in [-0.2, 0) is 0 Å². The fraction of sp³-hybridized carbons (Fsp3) is 0.833. The number of rotatable bonds is 7. The Kier molecular flexibility index (Phi) is 6.00. The van der Waals surface area contributed by atoms with E-state index in [0.29, 0.717) is 18.0 Å². The van der Waals surface area contributed by atoms with Crippen molar-refractivity contribution in [3.8, 4) is 0 Å². The molecule has 0 aromatic carbocycles. The van der Waals surface area contributed by atoms with Gasteiger partial charge in [-0.15, -0.1) is 5.10 Å². The van der Waals surface area contributed by atoms with Crippen LogP contribution in [0.1, 0.15) is 63.9 Å². The van der Waals surface area contributed by atoms with Crippen molar-refractivity contribution in [2.24, 2.45) is 5.92 Å². The summed E-state index contributed by atoms with van der Waals surface area (Å²) in [6.07, 6.45) is 8.31. The second-order valence-electron chi connectivity index (χ2n) is 8.00. The van der Waals surface area contributed by atoms with Gasteiger partial charge in [-0.3, -0.25) is 0 Å². The van der Waals surface area contributed by atoms with Crippen molar-refractivity contribution in [3.05, 3.63) is 18.5 Å². The van der Waals surface area contributed by atoms with Gasteiger partial charge in [0.05, 0.1) is 12.6 Å². The standard InChI is InChI=1S/C18H32N6/c1-4-9-22-10-12-23(13-11-22)17(14-15(2)3)18-19-20-21-24(18)16-7-5-6-8-16/h4,15-17H,1,5-14H2,2-3H3/p+2/t17-/m1/s1. The van der Waals surface area contributed by atoms with Gasteiger partial charge in [-0.2, -0.15) is 0 Å². The van der Waals surface area contributed by atoms with Crippen LogP contribution in [0.15, 0.2) is 12.7 Å². The fourth-order valence-corrected chi connectivity index (χ4v) is 4.45. The quantitative estimate of drug-likeness (QED) is 0.682. The van der Waals surface area contributed by atoms with Crippen molar-refractivity contribution in [1.29, 1.82) is 0 Å². The van der Waals surface area contributed by atoms with Gasteiger partial charge in [0.15, 0.2) is 6.04 Å². The molecule has 2 heterocycles. The number of piperazine rings is 1. The third-order valence-corrected chi connectivity index (χ3v) is 5.73. The predicted octanol–water partition coefficient (Wildman–Crippen LogP) is -0.155. The molecule has 3 rings (SSSR count). The minimum absolute atomic E-state index is 0.436. The van der Waals surface area contributed by atoms with Gasteiger partial charge in [0.1, 0.15) is 26.2 Å². The lowest BCUT2D eigenvalue weighted by atomic mass is 10.0. The molecule has 0 radical (unpaired) electrons. The van der Waals surface area contributed by atoms with Gasteiger partial charge in [0, 0.05) is 6.42 Å². The molecule has 6 heteroatoms. The van der Waals surface area contributed by atoms with Crippen LogP contribution in [0.3, 0.4) is 0 Å². The molecule has 1 aromatic rings. The highest BCUT2D eigenvalue weighted by molar-refractivity contribution is 4.92. The van der Waals surface area contributed by atoms with Crippen molar-refractivity contribution in [3.63, 3.8) is 0 Å². The van der Waals surface area contributed by atoms with Crippen molar-refractivity contribution >= 4 is 0 Å². The van der Waals surface area contributed by atoms with E-state index in [4.69, 9.17) is 0 Å². The molecule has 2 fully saturated rings. The molecular weight excluding hydrogens is 300 g/mol. The first-order valence-electron chi connectivity index (χ1n) is 9.75. The molecule has 6 nitrogen and oxygen atoms in total. The smallest absolute Gasteiger partial charge is 0.209 e. The van der Waals surface area contributed by atoms with Gasteiger partial charge in [0.2, 0.25) is 5.82 Å². The number of hydrogen-bond donors (Lipinski definition) is 2. The zero-order chi connectivity index (χ0) is 16.9. The molecule has 1 saturated heterocycles. The van der Waals surface area contributed by atoms with Crippen LogP contribution in [0.5, 0.6) is 0 Å². The lowest BCUT2D eigenvalue weighted by Gasteiger charge is -2.34. The van der Waals surface area contributed by atoms with Crippen LogP contribution >= 0.6 is 0 Å². The van der Waals surface area contributed by atoms with E-state index in [9.17, 15) is 0 Å². The van der Waals surface area contributed by atoms with E-state index in [2.05, 4.69) is 40.6 Å². The Labute approximate surface area is 145 Å². The average Bonchev–Trinajstić information content (AvgIpc) is 3.24. The molecule has 1 atom stereocenters. The van der Waals surface area contributed by atoms with E-state index in [-0.39, 0.29) is 0 Å². The van der Waals surface area contributed by atoms with E-state index in [0.717, 1.165) is 12.4 Å². The Balaban J connectivity index is 1.75. The summed E-state index contributed by atoms with van der Waals surface area (Å²) in [7, 11) is 0. The Morgan fingerprint density at radius 1 is 1.21 bits per heavy atom. The van der Waals surface area contributed by atoms with Crippen molar-refractivity contribution < 1.29 is 9.80 Å². The molecule has 0 bridgehead atoms. The number of nitrogens with zero attached hydrogens (tertiary/aromatic N) is 4. The van der Waals surface area contributed by atoms with Gasteiger partial charge >= 0.3 is 0 Å². The maximum atomic E-state index is 4.50. The molecule has 134 valence electrons. The van der Waals surface area contributed by atoms with Crippen LogP contribution < -0.4 is 9.80 Å². The number of tetrazole rings is 1. The molecular formula is C18H34N6+2. The molecule has 0 amide bonds. The van der Waals surface area contributed by atoms with Gasteiger partial charge in [-0.1, -0.05) is 33.3 Å². The molecule has 2 N–H and O–H groups in total. The first-order valence-corrected chi connectivity index (χ1v) is 9.75. The van der Waals surface area contributed by atoms with Crippen LogP contribution in [0.4, 0.5) is 0 Å². The van der Waals surface area contributed by atoms with Crippen LogP contribution in [-0.4, -0.2) is 52.9 Å². The molecule has 0 unspecified atom stereocenters. The van der Waals surface area contributed by atoms with E-state index < -0.39 is 0 Å². The summed E-state index contributed by atoms with van der Waals surface area (Å²) in [6.45, 7) is 14.5. The molecule has 24 heavy (non-hydrogen) atoms. The number of quaternary nitrogens is 2. The van der Waals surface area contributed by atoms with Gasteiger partial charge in [-0.05, 0) is 35.3 Å². The largest absolute Gasteiger partial charge is 0.322 e. The molecule has 1 aliphatic carbocycles. The molecule has 2 aliphatic rings.